The second-order valence-corrected chi connectivity index (χ2v) is 3.03. The normalized spacial score (nSPS) is 9.29. The summed E-state index contributed by atoms with van der Waals surface area (Å²) in [4.78, 5) is 19.6. The predicted molar refractivity (Wildman–Crippen MR) is 55.6 cm³/mol. The van der Waals surface area contributed by atoms with Gasteiger partial charge in [-0.1, -0.05) is 6.92 Å². The first-order valence-electron chi connectivity index (χ1n) is 4.52. The van der Waals surface area contributed by atoms with Gasteiger partial charge in [0.15, 0.2) is 0 Å². The lowest BCUT2D eigenvalue weighted by Gasteiger charge is -2.17. The van der Waals surface area contributed by atoms with Crippen LogP contribution in [0, 0.1) is 0 Å². The molecule has 1 heterocycles. The van der Waals surface area contributed by atoms with Gasteiger partial charge >= 0.3 is 0 Å². The molecule has 4 nitrogen and oxygen atoms in total. The van der Waals surface area contributed by atoms with Crippen LogP contribution in [0.3, 0.4) is 0 Å². The molecule has 0 radical (unpaired) electrons. The van der Waals surface area contributed by atoms with E-state index >= 15 is 0 Å². The number of nitrogens with zero attached hydrogens (tertiary/aromatic N) is 3. The van der Waals surface area contributed by atoms with Gasteiger partial charge in [0.25, 0.3) is 0 Å². The maximum atomic E-state index is 10.0. The van der Waals surface area contributed by atoms with Crippen LogP contribution >= 0.6 is 0 Å². The molecule has 0 aliphatic carbocycles. The molecule has 1 aromatic heterocycles. The highest BCUT2D eigenvalue weighted by Gasteiger charge is 2.00. The molecule has 0 atom stereocenters. The Labute approximate surface area is 83.3 Å². The van der Waals surface area contributed by atoms with Crippen molar-refractivity contribution in [3.05, 3.63) is 18.5 Å². The Bertz CT molecular complexity index is 345. The van der Waals surface area contributed by atoms with Gasteiger partial charge in [-0.25, -0.2) is 4.79 Å². The lowest BCUT2D eigenvalue weighted by Crippen LogP contribution is -2.17. The molecule has 0 bridgehead atoms. The van der Waals surface area contributed by atoms with Crippen molar-refractivity contribution in [3.63, 3.8) is 0 Å². The van der Waals surface area contributed by atoms with E-state index in [9.17, 15) is 4.79 Å². The van der Waals surface area contributed by atoms with E-state index in [0.29, 0.717) is 5.69 Å². The Morgan fingerprint density at radius 1 is 1.57 bits per heavy atom. The van der Waals surface area contributed by atoms with Crippen molar-refractivity contribution in [2.45, 2.75) is 13.3 Å². The van der Waals surface area contributed by atoms with Gasteiger partial charge < -0.3 is 4.90 Å². The minimum Gasteiger partial charge on any atom is -0.373 e. The quantitative estimate of drug-likeness (QED) is 0.539. The summed E-state index contributed by atoms with van der Waals surface area (Å²) in [7, 11) is 1.98. The highest BCUT2D eigenvalue weighted by atomic mass is 16.1. The Hall–Kier alpha value is -1.67. The summed E-state index contributed by atoms with van der Waals surface area (Å²) in [5, 5.41) is 0. The number of pyridine rings is 1. The van der Waals surface area contributed by atoms with E-state index in [0.717, 1.165) is 18.7 Å². The number of rotatable bonds is 4. The van der Waals surface area contributed by atoms with Crippen LogP contribution in [-0.4, -0.2) is 24.7 Å². The smallest absolute Gasteiger partial charge is 0.240 e. The van der Waals surface area contributed by atoms with Crippen LogP contribution in [0.15, 0.2) is 23.5 Å². The fourth-order valence-corrected chi connectivity index (χ4v) is 1.20. The average Bonchev–Trinajstić information content (AvgIpc) is 2.19. The van der Waals surface area contributed by atoms with Crippen LogP contribution in [0.4, 0.5) is 11.4 Å². The molecule has 0 saturated heterocycles. The van der Waals surface area contributed by atoms with Crippen molar-refractivity contribution >= 4 is 17.5 Å². The molecule has 1 aromatic rings. The number of isocyanates is 1. The van der Waals surface area contributed by atoms with E-state index in [1.807, 2.05) is 13.1 Å². The summed E-state index contributed by atoms with van der Waals surface area (Å²) in [5.74, 6) is 0. The fourth-order valence-electron chi connectivity index (χ4n) is 1.20. The summed E-state index contributed by atoms with van der Waals surface area (Å²) in [6.07, 6.45) is 5.85. The van der Waals surface area contributed by atoms with E-state index in [4.69, 9.17) is 0 Å². The van der Waals surface area contributed by atoms with E-state index in [1.54, 1.807) is 6.20 Å². The lowest BCUT2D eigenvalue weighted by molar-refractivity contribution is 0.565. The van der Waals surface area contributed by atoms with Gasteiger partial charge in [0.1, 0.15) is 0 Å². The molecule has 0 aliphatic rings. The first-order valence-corrected chi connectivity index (χ1v) is 4.52. The van der Waals surface area contributed by atoms with Crippen molar-refractivity contribution < 1.29 is 4.79 Å². The highest BCUT2D eigenvalue weighted by molar-refractivity contribution is 5.56. The zero-order valence-electron chi connectivity index (χ0n) is 8.40. The van der Waals surface area contributed by atoms with Gasteiger partial charge in [-0.2, -0.15) is 4.99 Å². The summed E-state index contributed by atoms with van der Waals surface area (Å²) in [6, 6.07) is 1.81. The molecule has 0 saturated carbocycles. The highest BCUT2D eigenvalue weighted by Crippen LogP contribution is 2.18. The molecular weight excluding hydrogens is 178 g/mol. The molecular formula is C10H13N3O. The number of carbonyl (C=O) groups excluding carboxylic acids is 1. The van der Waals surface area contributed by atoms with Crippen molar-refractivity contribution in [2.75, 3.05) is 18.5 Å². The third kappa shape index (κ3) is 2.68. The molecule has 0 amide bonds. The van der Waals surface area contributed by atoms with E-state index < -0.39 is 0 Å². The SMILES string of the molecule is CCCN(C)c1cncc(N=C=O)c1. The van der Waals surface area contributed by atoms with Gasteiger partial charge in [-0.05, 0) is 12.5 Å². The molecule has 1 rings (SSSR count). The van der Waals surface area contributed by atoms with Gasteiger partial charge in [0.2, 0.25) is 6.08 Å². The second-order valence-electron chi connectivity index (χ2n) is 3.03. The Kier molecular flexibility index (Phi) is 3.83. The predicted octanol–water partition coefficient (Wildman–Crippen LogP) is 1.90. The third-order valence-corrected chi connectivity index (χ3v) is 1.88. The summed E-state index contributed by atoms with van der Waals surface area (Å²) >= 11 is 0. The van der Waals surface area contributed by atoms with Crippen LogP contribution in [-0.2, 0) is 4.79 Å². The largest absolute Gasteiger partial charge is 0.373 e. The van der Waals surface area contributed by atoms with Crippen molar-refractivity contribution in [1.29, 1.82) is 0 Å². The van der Waals surface area contributed by atoms with Crippen molar-refractivity contribution in [3.8, 4) is 0 Å². The van der Waals surface area contributed by atoms with E-state index in [-0.39, 0.29) is 0 Å². The maximum absolute atomic E-state index is 10.0. The number of aliphatic imine (C=N–C) groups is 1. The first-order chi connectivity index (χ1) is 6.77. The van der Waals surface area contributed by atoms with Gasteiger partial charge in [0, 0.05) is 13.6 Å². The van der Waals surface area contributed by atoms with Gasteiger partial charge in [-0.15, -0.1) is 0 Å². The van der Waals surface area contributed by atoms with Crippen LogP contribution in [0.2, 0.25) is 0 Å². The number of anilines is 1. The monoisotopic (exact) mass is 191 g/mol. The molecule has 0 N–H and O–H groups in total. The fraction of sp³-hybridized carbons (Fsp3) is 0.400. The molecule has 0 unspecified atom stereocenters. The van der Waals surface area contributed by atoms with Crippen LogP contribution in [0.25, 0.3) is 0 Å². The lowest BCUT2D eigenvalue weighted by atomic mass is 10.3. The van der Waals surface area contributed by atoms with E-state index in [1.165, 1.54) is 12.3 Å². The summed E-state index contributed by atoms with van der Waals surface area (Å²) in [6.45, 7) is 3.06. The van der Waals surface area contributed by atoms with Crippen LogP contribution in [0.5, 0.6) is 0 Å². The zero-order valence-corrected chi connectivity index (χ0v) is 8.40. The van der Waals surface area contributed by atoms with Crippen LogP contribution in [0.1, 0.15) is 13.3 Å². The average molecular weight is 191 g/mol. The summed E-state index contributed by atoms with van der Waals surface area (Å²) < 4.78 is 0. The van der Waals surface area contributed by atoms with Gasteiger partial charge in [0.05, 0.1) is 23.8 Å². The maximum Gasteiger partial charge on any atom is 0.240 e. The Balaban J connectivity index is 2.87. The first kappa shape index (κ1) is 10.4. The minimum atomic E-state index is 0.542. The van der Waals surface area contributed by atoms with Crippen molar-refractivity contribution in [2.24, 2.45) is 4.99 Å². The van der Waals surface area contributed by atoms with Crippen molar-refractivity contribution in [1.82, 2.24) is 4.98 Å². The second kappa shape index (κ2) is 5.14. The standard InChI is InChI=1S/C10H13N3O/c1-3-4-13(2)10-5-9(12-8-14)6-11-7-10/h5-7H,3-4H2,1-2H3. The number of hydrogen-bond acceptors (Lipinski definition) is 4. The number of hydrogen-bond donors (Lipinski definition) is 0. The Morgan fingerprint density at radius 2 is 2.36 bits per heavy atom. The topological polar surface area (TPSA) is 45.6 Å². The summed E-state index contributed by atoms with van der Waals surface area (Å²) in [5.41, 5.74) is 1.50. The van der Waals surface area contributed by atoms with Gasteiger partial charge in [-0.3, -0.25) is 4.98 Å². The molecule has 0 spiro atoms. The molecule has 0 aromatic carbocycles. The van der Waals surface area contributed by atoms with E-state index in [2.05, 4.69) is 21.8 Å². The third-order valence-electron chi connectivity index (χ3n) is 1.88. The molecule has 4 heteroatoms. The minimum absolute atomic E-state index is 0.542. The zero-order chi connectivity index (χ0) is 10.4. The van der Waals surface area contributed by atoms with Crippen LogP contribution < -0.4 is 4.90 Å². The molecule has 0 aliphatic heterocycles. The molecule has 14 heavy (non-hydrogen) atoms. The Morgan fingerprint density at radius 3 is 3.00 bits per heavy atom. The molecule has 0 fully saturated rings. The molecule has 74 valence electrons. The number of aromatic nitrogens is 1.